The Labute approximate surface area is 153 Å². The standard InChI is InChI=1S/C24H31N/c1-25(2)17-18-12-13-20(14-18)22-15-21-10-6-7-11-23(21)24(16-22)19-8-4-3-5-9-19/h6-7,10-12,14-15,19,24H,3-5,8-9,13,16-17H2,1-2H3. The van der Waals surface area contributed by atoms with Crippen molar-refractivity contribution < 1.29 is 0 Å². The minimum Gasteiger partial charge on any atom is -0.305 e. The first-order valence-corrected chi connectivity index (χ1v) is 10.0. The van der Waals surface area contributed by atoms with Gasteiger partial charge in [0.15, 0.2) is 0 Å². The molecule has 0 aliphatic heterocycles. The van der Waals surface area contributed by atoms with Crippen LogP contribution < -0.4 is 0 Å². The number of likely N-dealkylation sites (N-methyl/N-ethyl adjacent to an activating group) is 1. The molecule has 1 fully saturated rings. The van der Waals surface area contributed by atoms with Gasteiger partial charge >= 0.3 is 0 Å². The molecule has 25 heavy (non-hydrogen) atoms. The molecule has 1 unspecified atom stereocenters. The van der Waals surface area contributed by atoms with Crippen molar-refractivity contribution in [1.29, 1.82) is 0 Å². The molecule has 0 amide bonds. The largest absolute Gasteiger partial charge is 0.305 e. The molecule has 1 aromatic rings. The molecule has 3 aliphatic carbocycles. The summed E-state index contributed by atoms with van der Waals surface area (Å²) in [5.41, 5.74) is 7.72. The topological polar surface area (TPSA) is 3.24 Å². The maximum absolute atomic E-state index is 2.48. The lowest BCUT2D eigenvalue weighted by Gasteiger charge is -2.35. The van der Waals surface area contributed by atoms with Gasteiger partial charge in [-0.2, -0.15) is 0 Å². The molecule has 0 heterocycles. The van der Waals surface area contributed by atoms with Gasteiger partial charge in [0.25, 0.3) is 0 Å². The van der Waals surface area contributed by atoms with Crippen molar-refractivity contribution in [2.75, 3.05) is 20.6 Å². The van der Waals surface area contributed by atoms with E-state index in [1.165, 1.54) is 49.7 Å². The number of rotatable bonds is 4. The zero-order valence-corrected chi connectivity index (χ0v) is 15.8. The Morgan fingerprint density at radius 2 is 1.76 bits per heavy atom. The first-order valence-electron chi connectivity index (χ1n) is 10.0. The molecule has 1 heteroatoms. The average molecular weight is 334 g/mol. The van der Waals surface area contributed by atoms with Gasteiger partial charge in [-0.3, -0.25) is 0 Å². The molecule has 0 saturated heterocycles. The highest BCUT2D eigenvalue weighted by Crippen LogP contribution is 2.46. The second kappa shape index (κ2) is 7.33. The Balaban J connectivity index is 1.61. The lowest BCUT2D eigenvalue weighted by atomic mass is 9.70. The molecule has 132 valence electrons. The second-order valence-corrected chi connectivity index (χ2v) is 8.40. The summed E-state index contributed by atoms with van der Waals surface area (Å²) in [6.45, 7) is 1.05. The summed E-state index contributed by atoms with van der Waals surface area (Å²) in [7, 11) is 4.31. The number of allylic oxidation sites excluding steroid dienone is 3. The van der Waals surface area contributed by atoms with Gasteiger partial charge in [-0.15, -0.1) is 0 Å². The van der Waals surface area contributed by atoms with Crippen LogP contribution in [0.3, 0.4) is 0 Å². The third-order valence-electron chi connectivity index (χ3n) is 6.24. The van der Waals surface area contributed by atoms with Crippen molar-refractivity contribution in [3.8, 4) is 0 Å². The predicted molar refractivity (Wildman–Crippen MR) is 108 cm³/mol. The number of benzene rings is 1. The predicted octanol–water partition coefficient (Wildman–Crippen LogP) is 5.96. The van der Waals surface area contributed by atoms with E-state index in [9.17, 15) is 0 Å². The quantitative estimate of drug-likeness (QED) is 0.657. The Kier molecular flexibility index (Phi) is 4.94. The average Bonchev–Trinajstić information content (AvgIpc) is 3.09. The van der Waals surface area contributed by atoms with Gasteiger partial charge < -0.3 is 4.90 Å². The summed E-state index contributed by atoms with van der Waals surface area (Å²) in [5.74, 6) is 1.62. The Hall–Kier alpha value is -1.60. The summed E-state index contributed by atoms with van der Waals surface area (Å²) in [5, 5.41) is 0. The molecule has 1 saturated carbocycles. The summed E-state index contributed by atoms with van der Waals surface area (Å²) in [4.78, 5) is 2.26. The number of hydrogen-bond acceptors (Lipinski definition) is 1. The molecule has 4 rings (SSSR count). The van der Waals surface area contributed by atoms with Crippen molar-refractivity contribution in [2.24, 2.45) is 5.92 Å². The van der Waals surface area contributed by atoms with Crippen LogP contribution in [0, 0.1) is 5.92 Å². The lowest BCUT2D eigenvalue weighted by molar-refractivity contribution is 0.301. The normalized spacial score (nSPS) is 24.0. The van der Waals surface area contributed by atoms with Gasteiger partial charge in [-0.05, 0) is 79.5 Å². The zero-order valence-electron chi connectivity index (χ0n) is 15.8. The third-order valence-corrected chi connectivity index (χ3v) is 6.24. The van der Waals surface area contributed by atoms with Gasteiger partial charge in [0.1, 0.15) is 0 Å². The number of hydrogen-bond donors (Lipinski definition) is 0. The maximum Gasteiger partial charge on any atom is 0.0224 e. The van der Waals surface area contributed by atoms with Gasteiger partial charge in [0.05, 0.1) is 0 Å². The van der Waals surface area contributed by atoms with E-state index < -0.39 is 0 Å². The van der Waals surface area contributed by atoms with Gasteiger partial charge in [0.2, 0.25) is 0 Å². The van der Waals surface area contributed by atoms with E-state index in [0.29, 0.717) is 0 Å². The van der Waals surface area contributed by atoms with Crippen LogP contribution in [-0.2, 0) is 0 Å². The van der Waals surface area contributed by atoms with Crippen LogP contribution in [-0.4, -0.2) is 25.5 Å². The molecular formula is C24H31N. The molecule has 1 atom stereocenters. The van der Waals surface area contributed by atoms with Crippen LogP contribution in [0.1, 0.15) is 62.0 Å². The fourth-order valence-corrected chi connectivity index (χ4v) is 5.04. The molecule has 0 N–H and O–H groups in total. The van der Waals surface area contributed by atoms with Crippen molar-refractivity contribution in [3.05, 3.63) is 64.3 Å². The van der Waals surface area contributed by atoms with E-state index in [2.05, 4.69) is 61.5 Å². The molecule has 0 bridgehead atoms. The van der Waals surface area contributed by atoms with Crippen LogP contribution in [0.25, 0.3) is 6.08 Å². The van der Waals surface area contributed by atoms with Crippen LogP contribution in [0.2, 0.25) is 0 Å². The smallest absolute Gasteiger partial charge is 0.0224 e. The molecule has 1 aromatic carbocycles. The van der Waals surface area contributed by atoms with Crippen molar-refractivity contribution in [3.63, 3.8) is 0 Å². The molecular weight excluding hydrogens is 302 g/mol. The fraction of sp³-hybridized carbons (Fsp3) is 0.500. The monoisotopic (exact) mass is 333 g/mol. The molecule has 0 radical (unpaired) electrons. The number of fused-ring (bicyclic) bond motifs is 1. The Bertz CT molecular complexity index is 713. The maximum atomic E-state index is 2.48. The van der Waals surface area contributed by atoms with Crippen LogP contribution in [0.5, 0.6) is 0 Å². The van der Waals surface area contributed by atoms with Crippen LogP contribution >= 0.6 is 0 Å². The van der Waals surface area contributed by atoms with E-state index in [0.717, 1.165) is 24.8 Å². The van der Waals surface area contributed by atoms with E-state index in [1.807, 2.05) is 0 Å². The number of nitrogens with zero attached hydrogens (tertiary/aromatic N) is 1. The molecule has 0 aromatic heterocycles. The highest BCUT2D eigenvalue weighted by atomic mass is 15.0. The van der Waals surface area contributed by atoms with Crippen molar-refractivity contribution >= 4 is 6.08 Å². The van der Waals surface area contributed by atoms with Gasteiger partial charge in [-0.25, -0.2) is 0 Å². The zero-order chi connectivity index (χ0) is 17.2. The van der Waals surface area contributed by atoms with Crippen molar-refractivity contribution in [2.45, 2.75) is 50.9 Å². The molecule has 0 spiro atoms. The summed E-state index contributed by atoms with van der Waals surface area (Å²) >= 11 is 0. The summed E-state index contributed by atoms with van der Waals surface area (Å²) in [6, 6.07) is 9.16. The van der Waals surface area contributed by atoms with Gasteiger partial charge in [0, 0.05) is 6.54 Å². The first kappa shape index (κ1) is 16.8. The molecule has 1 nitrogen and oxygen atoms in total. The fourth-order valence-electron chi connectivity index (χ4n) is 5.04. The summed E-state index contributed by atoms with van der Waals surface area (Å²) in [6.07, 6.45) is 16.9. The Morgan fingerprint density at radius 3 is 2.56 bits per heavy atom. The lowest BCUT2D eigenvalue weighted by Crippen LogP contribution is -2.20. The first-order chi connectivity index (χ1) is 12.2. The van der Waals surface area contributed by atoms with E-state index in [1.54, 1.807) is 16.7 Å². The SMILES string of the molecule is CN(C)CC1=CCC(C2=Cc3ccccc3C(C3CCCCC3)C2)=C1. The highest BCUT2D eigenvalue weighted by molar-refractivity contribution is 5.67. The Morgan fingerprint density at radius 1 is 0.960 bits per heavy atom. The molecule has 3 aliphatic rings. The van der Waals surface area contributed by atoms with E-state index in [-0.39, 0.29) is 0 Å². The minimum atomic E-state index is 0.732. The van der Waals surface area contributed by atoms with Gasteiger partial charge in [-0.1, -0.05) is 61.8 Å². The van der Waals surface area contributed by atoms with Crippen LogP contribution in [0.4, 0.5) is 0 Å². The minimum absolute atomic E-state index is 0.732. The van der Waals surface area contributed by atoms with Crippen LogP contribution in [0.15, 0.2) is 53.1 Å². The van der Waals surface area contributed by atoms with Crippen molar-refractivity contribution in [1.82, 2.24) is 4.90 Å². The highest BCUT2D eigenvalue weighted by Gasteiger charge is 2.30. The van der Waals surface area contributed by atoms with E-state index in [4.69, 9.17) is 0 Å². The van der Waals surface area contributed by atoms with E-state index >= 15 is 0 Å². The third kappa shape index (κ3) is 3.67. The second-order valence-electron chi connectivity index (χ2n) is 8.40. The summed E-state index contributed by atoms with van der Waals surface area (Å²) < 4.78 is 0.